The van der Waals surface area contributed by atoms with E-state index < -0.39 is 0 Å². The van der Waals surface area contributed by atoms with Crippen molar-refractivity contribution in [3.63, 3.8) is 0 Å². The lowest BCUT2D eigenvalue weighted by atomic mass is 9.93. The van der Waals surface area contributed by atoms with E-state index in [9.17, 15) is 5.11 Å². The number of fused-ring (bicyclic) bond motifs is 3. The predicted octanol–water partition coefficient (Wildman–Crippen LogP) is 12.3. The molecule has 18 nitrogen and oxygen atoms in total. The van der Waals surface area contributed by atoms with Crippen molar-refractivity contribution in [2.24, 2.45) is 17.8 Å². The molecule has 6 fully saturated rings. The first-order valence-electron chi connectivity index (χ1n) is 31.8. The van der Waals surface area contributed by atoms with Gasteiger partial charge in [0.25, 0.3) is 0 Å². The van der Waals surface area contributed by atoms with Crippen molar-refractivity contribution in [1.82, 2.24) is 44.9 Å². The molecule has 12 heterocycles. The first-order valence-corrected chi connectivity index (χ1v) is 32.2. The molecule has 90 heavy (non-hydrogen) atoms. The summed E-state index contributed by atoms with van der Waals surface area (Å²) in [4.78, 5) is 56.0. The van der Waals surface area contributed by atoms with Crippen LogP contribution in [0.25, 0.3) is 32.7 Å². The normalized spacial score (nSPS) is 17.5. The number of halogens is 1. The summed E-state index contributed by atoms with van der Waals surface area (Å²) >= 11 is 6.55. The maximum Gasteiger partial charge on any atom is 0.150 e. The zero-order valence-electron chi connectivity index (χ0n) is 51.7. The first kappa shape index (κ1) is 60.8. The third kappa shape index (κ3) is 13.3. The first-order chi connectivity index (χ1) is 44.2. The number of phenolic OH excluding ortho intramolecular Hbond substituents is 1. The Morgan fingerprint density at radius 1 is 0.456 bits per heavy atom. The van der Waals surface area contributed by atoms with Gasteiger partial charge < -0.3 is 34.5 Å². The van der Waals surface area contributed by atoms with Crippen LogP contribution in [-0.4, -0.2) is 128 Å². The molecule has 0 spiro atoms. The molecule has 0 unspecified atom stereocenters. The lowest BCUT2D eigenvalue weighted by Gasteiger charge is -2.42. The van der Waals surface area contributed by atoms with Gasteiger partial charge >= 0.3 is 0 Å². The van der Waals surface area contributed by atoms with Crippen LogP contribution >= 0.6 is 11.6 Å². The number of pyridine rings is 3. The molecule has 0 bridgehead atoms. The van der Waals surface area contributed by atoms with Crippen LogP contribution < -0.4 is 29.4 Å². The number of hydrogen-bond acceptors (Lipinski definition) is 18. The lowest BCUT2D eigenvalue weighted by Crippen LogP contribution is -2.47. The number of piperidine rings is 3. The number of anilines is 6. The molecule has 15 rings (SSSR count). The summed E-state index contributed by atoms with van der Waals surface area (Å²) in [5.41, 5.74) is 7.10. The molecule has 0 saturated carbocycles. The molecular weight excluding hydrogens is 1140 g/mol. The van der Waals surface area contributed by atoms with Gasteiger partial charge in [-0.3, -0.25) is 15.0 Å². The highest BCUT2D eigenvalue weighted by Crippen LogP contribution is 2.41. The van der Waals surface area contributed by atoms with Crippen LogP contribution in [0, 0.1) is 59.2 Å². The number of rotatable bonds is 9. The van der Waals surface area contributed by atoms with Crippen molar-refractivity contribution < 1.29 is 5.11 Å². The van der Waals surface area contributed by atoms with Crippen LogP contribution in [0.2, 0.25) is 5.02 Å². The summed E-state index contributed by atoms with van der Waals surface area (Å²) < 4.78 is 0. The van der Waals surface area contributed by atoms with Crippen molar-refractivity contribution >= 4 is 79.2 Å². The Morgan fingerprint density at radius 2 is 0.900 bits per heavy atom. The van der Waals surface area contributed by atoms with Gasteiger partial charge in [0.05, 0.1) is 45.3 Å². The minimum absolute atomic E-state index is 0.154. The fourth-order valence-corrected chi connectivity index (χ4v) is 13.3. The second-order valence-electron chi connectivity index (χ2n) is 23.9. The molecule has 0 amide bonds. The van der Waals surface area contributed by atoms with E-state index in [4.69, 9.17) is 42.1 Å². The number of hydrogen-bond donors (Lipinski definition) is 1. The average Bonchev–Trinajstić information content (AvgIpc) is 1.28. The largest absolute Gasteiger partial charge is 0.506 e. The van der Waals surface area contributed by atoms with Gasteiger partial charge in [0.1, 0.15) is 28.7 Å². The van der Waals surface area contributed by atoms with Gasteiger partial charge in [0.2, 0.25) is 0 Å². The van der Waals surface area contributed by atoms with Crippen molar-refractivity contribution in [3.8, 4) is 29.7 Å². The molecule has 6 aromatic heterocycles. The Labute approximate surface area is 532 Å². The molecule has 1 N–H and O–H groups in total. The summed E-state index contributed by atoms with van der Waals surface area (Å²) in [6.45, 7) is 18.6. The summed E-state index contributed by atoms with van der Waals surface area (Å²) in [6, 6.07) is 35.0. The van der Waals surface area contributed by atoms with Gasteiger partial charge in [-0.15, -0.1) is 11.8 Å². The maximum absolute atomic E-state index is 10.1. The van der Waals surface area contributed by atoms with Crippen molar-refractivity contribution in [3.05, 3.63) is 156 Å². The van der Waals surface area contributed by atoms with Crippen LogP contribution in [0.3, 0.4) is 0 Å². The molecule has 6 aliphatic rings. The van der Waals surface area contributed by atoms with E-state index in [0.29, 0.717) is 34.2 Å². The summed E-state index contributed by atoms with van der Waals surface area (Å²) in [7, 11) is 0. The summed E-state index contributed by atoms with van der Waals surface area (Å²) in [5, 5.41) is 32.3. The molecule has 6 saturated heterocycles. The zero-order valence-corrected chi connectivity index (χ0v) is 52.5. The van der Waals surface area contributed by atoms with Crippen molar-refractivity contribution in [1.29, 1.82) is 10.5 Å². The lowest BCUT2D eigenvalue weighted by molar-refractivity contribution is 0.472. The maximum atomic E-state index is 10.1. The van der Waals surface area contributed by atoms with Gasteiger partial charge in [-0.2, -0.15) is 10.5 Å². The molecule has 6 aliphatic heterocycles. The second-order valence-corrected chi connectivity index (χ2v) is 24.3. The van der Waals surface area contributed by atoms with Gasteiger partial charge in [-0.05, 0) is 107 Å². The van der Waals surface area contributed by atoms with Crippen LogP contribution in [0.5, 0.6) is 5.75 Å². The highest BCUT2D eigenvalue weighted by molar-refractivity contribution is 6.33. The number of aromatic hydroxyl groups is 1. The van der Waals surface area contributed by atoms with E-state index in [1.165, 1.54) is 10.9 Å². The highest BCUT2D eigenvalue weighted by Gasteiger charge is 2.38. The monoisotopic (exact) mass is 1220 g/mol. The number of phenols is 1. The van der Waals surface area contributed by atoms with Gasteiger partial charge in [0.15, 0.2) is 17.5 Å². The molecule has 458 valence electrons. The number of aryl methyl sites for hydroxylation is 1. The smallest absolute Gasteiger partial charge is 0.150 e. The number of para-hydroxylation sites is 2. The van der Waals surface area contributed by atoms with Crippen molar-refractivity contribution in [2.75, 3.05) is 108 Å². The minimum atomic E-state index is 0.154. The molecule has 9 aromatic rings. The fourth-order valence-electron chi connectivity index (χ4n) is 13.0. The van der Waals surface area contributed by atoms with E-state index in [2.05, 4.69) is 116 Å². The molecular formula is C71H76ClN17O. The van der Waals surface area contributed by atoms with Crippen LogP contribution in [-0.2, 0) is 0 Å². The van der Waals surface area contributed by atoms with E-state index in [0.717, 1.165) is 191 Å². The number of nitriles is 2. The summed E-state index contributed by atoms with van der Waals surface area (Å²) in [6.07, 6.45) is 16.4. The highest BCUT2D eigenvalue weighted by atomic mass is 35.5. The standard InChI is InChI=1S/C24H24ClN5.C23H24N6.C22H22N6O.C2H6/c1-2-5-17-8-12-29(13-9-17)24-22(26-10-11-27-24)19-15-30(16-19)23-20(25)14-18-6-3-4-7-21(18)28-23;1-16-2-4-20-18(12-16)3-5-21(27-20)29-14-19(15-29)22-23(26-9-8-25-22)28-10-6-17(13-24)7-11-28;23-12-15-6-10-27(11-7-15)22-21(24-8-9-25-22)17-13-28(14-17)19-5-4-16-2-1-3-18(29)20(16)26-19;1-2/h3-4,6-7,10-11,14,17,19H,8-9,12-13,15-16H2,1H3;2-5,8-9,12,17,19H,6-7,10-11,14-15H2,1H3;1-5,8-9,15,17,29H,6-7,10-11,13-14H2;1-2H3. The average molecular weight is 1220 g/mol. The fraction of sp³-hybridized carbons (Fsp3) is 0.394. The Morgan fingerprint density at radius 3 is 1.42 bits per heavy atom. The quantitative estimate of drug-likeness (QED) is 0.133. The van der Waals surface area contributed by atoms with Gasteiger partial charge in [0, 0.05) is 167 Å². The molecule has 0 atom stereocenters. The van der Waals surface area contributed by atoms with Crippen molar-refractivity contribution in [2.45, 2.75) is 84.0 Å². The molecule has 0 radical (unpaired) electrons. The Balaban J connectivity index is 0.000000129. The molecule has 3 aromatic carbocycles. The van der Waals surface area contributed by atoms with E-state index in [-0.39, 0.29) is 17.6 Å². The Hall–Kier alpha value is -9.44. The van der Waals surface area contributed by atoms with E-state index in [1.54, 1.807) is 43.2 Å². The SMILES string of the molecule is CC.CC#CC1CCN(c2nccnc2C2CN(c3nc4ccccc4cc3Cl)C2)CC1.Cc1ccc2nc(N3CC(c4nccnc4N4CCC(C#N)CC4)C3)ccc2c1.N#CC1CCN(c2nccnc2C2CN(c3ccc4cccc(O)c4n3)C2)CC1. The third-order valence-electron chi connectivity index (χ3n) is 18.1. The number of aromatic nitrogens is 9. The zero-order chi connectivity index (χ0) is 62.1. The number of benzene rings is 3. The second kappa shape index (κ2) is 27.9. The predicted molar refractivity (Wildman–Crippen MR) is 358 cm³/mol. The van der Waals surface area contributed by atoms with Crippen LogP contribution in [0.1, 0.15) is 99.7 Å². The third-order valence-corrected chi connectivity index (χ3v) is 18.4. The minimum Gasteiger partial charge on any atom is -0.506 e. The van der Waals surface area contributed by atoms with Gasteiger partial charge in [-0.25, -0.2) is 29.9 Å². The Kier molecular flexibility index (Phi) is 18.9. The summed E-state index contributed by atoms with van der Waals surface area (Å²) in [5.74, 6) is 14.2. The van der Waals surface area contributed by atoms with E-state index >= 15 is 0 Å². The van der Waals surface area contributed by atoms with Crippen LogP contribution in [0.4, 0.5) is 34.9 Å². The van der Waals surface area contributed by atoms with Crippen LogP contribution in [0.15, 0.2) is 128 Å². The molecule has 0 aliphatic carbocycles. The number of nitrogens with zero attached hydrogens (tertiary/aromatic N) is 17. The molecule has 19 heteroatoms. The van der Waals surface area contributed by atoms with Gasteiger partial charge in [-0.1, -0.05) is 67.4 Å². The Bertz CT molecular complexity index is 4110. The topological polar surface area (TPSA) is 203 Å². The van der Waals surface area contributed by atoms with E-state index in [1.807, 2.05) is 75.4 Å².